The minimum absolute atomic E-state index is 0.0476. The van der Waals surface area contributed by atoms with E-state index >= 15 is 0 Å². The van der Waals surface area contributed by atoms with Crippen molar-refractivity contribution in [3.8, 4) is 0 Å². The number of nitrogens with zero attached hydrogens (tertiary/aromatic N) is 1. The van der Waals surface area contributed by atoms with E-state index in [2.05, 4.69) is 5.32 Å². The Bertz CT molecular complexity index is 614. The van der Waals surface area contributed by atoms with E-state index in [0.717, 1.165) is 29.7 Å². The molecule has 2 aliphatic heterocycles. The second-order valence-corrected chi connectivity index (χ2v) is 7.06. The summed E-state index contributed by atoms with van der Waals surface area (Å²) < 4.78 is 5.48. The van der Waals surface area contributed by atoms with Gasteiger partial charge in [-0.3, -0.25) is 9.59 Å². The van der Waals surface area contributed by atoms with Gasteiger partial charge in [-0.05, 0) is 43.9 Å². The van der Waals surface area contributed by atoms with Crippen LogP contribution in [0.3, 0.4) is 0 Å². The number of carbonyl (C=O) groups is 2. The molecule has 5 nitrogen and oxygen atoms in total. The number of hydrogen-bond acceptors (Lipinski definition) is 4. The first kappa shape index (κ1) is 16.3. The van der Waals surface area contributed by atoms with E-state index in [1.54, 1.807) is 16.7 Å². The maximum atomic E-state index is 12.6. The second-order valence-electron chi connectivity index (χ2n) is 6.06. The Kier molecular flexibility index (Phi) is 4.92. The molecule has 0 aliphatic carbocycles. The third-order valence-electron chi connectivity index (χ3n) is 4.54. The molecule has 23 heavy (non-hydrogen) atoms. The van der Waals surface area contributed by atoms with Crippen LogP contribution in [0.1, 0.15) is 24.0 Å². The van der Waals surface area contributed by atoms with Crippen LogP contribution < -0.4 is 5.32 Å². The lowest BCUT2D eigenvalue weighted by Crippen LogP contribution is -2.48. The van der Waals surface area contributed by atoms with Crippen LogP contribution in [0.5, 0.6) is 0 Å². The zero-order valence-corrected chi connectivity index (χ0v) is 14.3. The fourth-order valence-corrected chi connectivity index (χ4v) is 4.10. The van der Waals surface area contributed by atoms with Crippen molar-refractivity contribution in [2.24, 2.45) is 0 Å². The van der Waals surface area contributed by atoms with Crippen LogP contribution in [-0.2, 0) is 14.3 Å². The molecule has 2 amide bonds. The number of amides is 2. The van der Waals surface area contributed by atoms with Crippen molar-refractivity contribution in [1.82, 2.24) is 4.90 Å². The number of nitrogens with one attached hydrogen (secondary N) is 1. The molecule has 124 valence electrons. The molecule has 2 saturated heterocycles. The molecular formula is C17H22N2O3S. The molecule has 0 bridgehead atoms. The fraction of sp³-hybridized carbons (Fsp3) is 0.529. The molecule has 0 spiro atoms. The predicted molar refractivity (Wildman–Crippen MR) is 91.5 cm³/mol. The van der Waals surface area contributed by atoms with Crippen LogP contribution in [-0.4, -0.2) is 47.1 Å². The third-order valence-corrected chi connectivity index (χ3v) is 5.55. The standard InChI is InChI=1S/C17H22N2O3S/c1-11-5-3-6-13(12(11)2)18-16(20)14-9-23-10-19(14)17(21)15-7-4-8-22-15/h3,5-6,14-15H,4,7-10H2,1-2H3,(H,18,20)/t14-,15+/m0/s1. The van der Waals surface area contributed by atoms with E-state index in [4.69, 9.17) is 4.74 Å². The molecule has 1 aromatic rings. The lowest BCUT2D eigenvalue weighted by molar-refractivity contribution is -0.144. The number of carbonyl (C=O) groups excluding carboxylic acids is 2. The van der Waals surface area contributed by atoms with E-state index in [-0.39, 0.29) is 17.9 Å². The predicted octanol–water partition coefficient (Wildman–Crippen LogP) is 2.32. The lowest BCUT2D eigenvalue weighted by Gasteiger charge is -2.25. The summed E-state index contributed by atoms with van der Waals surface area (Å²) in [6.07, 6.45) is 1.30. The topological polar surface area (TPSA) is 58.6 Å². The van der Waals surface area contributed by atoms with Gasteiger partial charge in [-0.15, -0.1) is 11.8 Å². The van der Waals surface area contributed by atoms with Crippen LogP contribution in [0, 0.1) is 13.8 Å². The fourth-order valence-electron chi connectivity index (χ4n) is 2.94. The summed E-state index contributed by atoms with van der Waals surface area (Å²) in [7, 11) is 0. The Balaban J connectivity index is 1.70. The van der Waals surface area contributed by atoms with Gasteiger partial charge in [0.2, 0.25) is 5.91 Å². The molecule has 3 rings (SSSR count). The zero-order chi connectivity index (χ0) is 16.4. The van der Waals surface area contributed by atoms with Gasteiger partial charge in [0, 0.05) is 18.0 Å². The number of ether oxygens (including phenoxy) is 1. The SMILES string of the molecule is Cc1cccc(NC(=O)[C@@H]2CSCN2C(=O)[C@H]2CCCO2)c1C. The van der Waals surface area contributed by atoms with Crippen LogP contribution in [0.15, 0.2) is 18.2 Å². The summed E-state index contributed by atoms with van der Waals surface area (Å²) in [6, 6.07) is 5.42. The molecule has 2 atom stereocenters. The summed E-state index contributed by atoms with van der Waals surface area (Å²) in [5.41, 5.74) is 3.01. The highest BCUT2D eigenvalue weighted by molar-refractivity contribution is 7.99. The lowest BCUT2D eigenvalue weighted by atomic mass is 10.1. The maximum absolute atomic E-state index is 12.6. The molecule has 2 fully saturated rings. The monoisotopic (exact) mass is 334 g/mol. The highest BCUT2D eigenvalue weighted by atomic mass is 32.2. The largest absolute Gasteiger partial charge is 0.368 e. The van der Waals surface area contributed by atoms with Crippen LogP contribution in [0.25, 0.3) is 0 Å². The van der Waals surface area contributed by atoms with Gasteiger partial charge >= 0.3 is 0 Å². The molecule has 0 radical (unpaired) electrons. The molecular weight excluding hydrogens is 312 g/mol. The van der Waals surface area contributed by atoms with Gasteiger partial charge in [0.1, 0.15) is 12.1 Å². The van der Waals surface area contributed by atoms with Gasteiger partial charge in [-0.1, -0.05) is 12.1 Å². The molecule has 1 aromatic carbocycles. The van der Waals surface area contributed by atoms with Gasteiger partial charge < -0.3 is 15.0 Å². The van der Waals surface area contributed by atoms with Crippen LogP contribution in [0.4, 0.5) is 5.69 Å². The van der Waals surface area contributed by atoms with Gasteiger partial charge in [0.25, 0.3) is 5.91 Å². The van der Waals surface area contributed by atoms with Crippen molar-refractivity contribution in [2.75, 3.05) is 23.6 Å². The Labute approximate surface area is 140 Å². The van der Waals surface area contributed by atoms with E-state index in [1.807, 2.05) is 32.0 Å². The van der Waals surface area contributed by atoms with Crippen molar-refractivity contribution in [2.45, 2.75) is 38.8 Å². The van der Waals surface area contributed by atoms with Gasteiger partial charge in [0.05, 0.1) is 5.88 Å². The summed E-state index contributed by atoms with van der Waals surface area (Å²) in [6.45, 7) is 4.64. The van der Waals surface area contributed by atoms with Crippen molar-refractivity contribution in [3.63, 3.8) is 0 Å². The molecule has 0 aromatic heterocycles. The average Bonchev–Trinajstić information content (AvgIpc) is 3.21. The number of hydrogen-bond donors (Lipinski definition) is 1. The van der Waals surface area contributed by atoms with E-state index in [0.29, 0.717) is 18.2 Å². The van der Waals surface area contributed by atoms with Gasteiger partial charge in [0.15, 0.2) is 0 Å². The number of thioether (sulfide) groups is 1. The van der Waals surface area contributed by atoms with Crippen LogP contribution >= 0.6 is 11.8 Å². The Morgan fingerprint density at radius 2 is 2.17 bits per heavy atom. The minimum Gasteiger partial charge on any atom is -0.368 e. The minimum atomic E-state index is -0.420. The average molecular weight is 334 g/mol. The Hall–Kier alpha value is -1.53. The van der Waals surface area contributed by atoms with E-state index < -0.39 is 6.04 Å². The molecule has 2 aliphatic rings. The van der Waals surface area contributed by atoms with E-state index in [1.165, 1.54) is 0 Å². The highest BCUT2D eigenvalue weighted by Crippen LogP contribution is 2.26. The smallest absolute Gasteiger partial charge is 0.253 e. The molecule has 6 heteroatoms. The van der Waals surface area contributed by atoms with Crippen molar-refractivity contribution in [3.05, 3.63) is 29.3 Å². The molecule has 1 N–H and O–H groups in total. The zero-order valence-electron chi connectivity index (χ0n) is 13.5. The number of anilines is 1. The molecule has 0 saturated carbocycles. The first-order valence-electron chi connectivity index (χ1n) is 7.95. The highest BCUT2D eigenvalue weighted by Gasteiger charge is 2.39. The molecule has 0 unspecified atom stereocenters. The third kappa shape index (κ3) is 3.38. The Morgan fingerprint density at radius 1 is 1.35 bits per heavy atom. The van der Waals surface area contributed by atoms with Gasteiger partial charge in [-0.25, -0.2) is 0 Å². The number of rotatable bonds is 3. The van der Waals surface area contributed by atoms with Crippen molar-refractivity contribution >= 4 is 29.3 Å². The van der Waals surface area contributed by atoms with Gasteiger partial charge in [-0.2, -0.15) is 0 Å². The quantitative estimate of drug-likeness (QED) is 0.922. The first-order chi connectivity index (χ1) is 11.1. The second kappa shape index (κ2) is 6.93. The maximum Gasteiger partial charge on any atom is 0.253 e. The normalized spacial score (nSPS) is 24.0. The number of aryl methyl sites for hydroxylation is 1. The Morgan fingerprint density at radius 3 is 2.91 bits per heavy atom. The van der Waals surface area contributed by atoms with E-state index in [9.17, 15) is 9.59 Å². The first-order valence-corrected chi connectivity index (χ1v) is 9.10. The summed E-state index contributed by atoms with van der Waals surface area (Å²) in [5, 5.41) is 2.98. The van der Waals surface area contributed by atoms with Crippen molar-refractivity contribution in [1.29, 1.82) is 0 Å². The number of benzene rings is 1. The summed E-state index contributed by atoms with van der Waals surface area (Å²) in [5.74, 6) is 1.03. The van der Waals surface area contributed by atoms with Crippen LogP contribution in [0.2, 0.25) is 0 Å². The van der Waals surface area contributed by atoms with Crippen molar-refractivity contribution < 1.29 is 14.3 Å². The summed E-state index contributed by atoms with van der Waals surface area (Å²) >= 11 is 1.61. The molecule has 2 heterocycles. The summed E-state index contributed by atoms with van der Waals surface area (Å²) in [4.78, 5) is 26.9.